The Morgan fingerprint density at radius 3 is 2.32 bits per heavy atom. The third-order valence-electron chi connectivity index (χ3n) is 7.16. The largest absolute Gasteiger partial charge is 0.507 e. The van der Waals surface area contributed by atoms with Gasteiger partial charge in [0, 0.05) is 62.4 Å². The fraction of sp³-hybridized carbons (Fsp3) is 0.310. The lowest BCUT2D eigenvalue weighted by Crippen LogP contribution is -2.43. The molecule has 0 radical (unpaired) electrons. The van der Waals surface area contributed by atoms with E-state index in [0.717, 1.165) is 25.3 Å². The van der Waals surface area contributed by atoms with E-state index in [0.29, 0.717) is 34.4 Å². The van der Waals surface area contributed by atoms with E-state index < -0.39 is 5.82 Å². The van der Waals surface area contributed by atoms with Crippen molar-refractivity contribution in [2.75, 3.05) is 51.1 Å². The molecular formula is C29H33ClFN5O2. The van der Waals surface area contributed by atoms with Crippen LogP contribution < -0.4 is 9.80 Å². The van der Waals surface area contributed by atoms with Crippen molar-refractivity contribution in [3.05, 3.63) is 71.9 Å². The van der Waals surface area contributed by atoms with Crippen LogP contribution in [0.25, 0.3) is 22.3 Å². The number of anilines is 2. The molecule has 1 atom stereocenters. The van der Waals surface area contributed by atoms with Crippen LogP contribution in [0.5, 0.6) is 5.75 Å². The number of hydrogen-bond acceptors (Lipinski definition) is 6. The summed E-state index contributed by atoms with van der Waals surface area (Å²) >= 11 is 6.52. The maximum atomic E-state index is 14.9. The second-order valence-corrected chi connectivity index (χ2v) is 10.7. The zero-order valence-electron chi connectivity index (χ0n) is 22.3. The van der Waals surface area contributed by atoms with E-state index in [9.17, 15) is 14.3 Å². The normalized spacial score (nSPS) is 17.4. The van der Waals surface area contributed by atoms with Gasteiger partial charge in [0.2, 0.25) is 6.41 Å². The molecule has 38 heavy (non-hydrogen) atoms. The summed E-state index contributed by atoms with van der Waals surface area (Å²) in [6.45, 7) is 3.91. The van der Waals surface area contributed by atoms with Crippen LogP contribution in [0.3, 0.4) is 0 Å². The van der Waals surface area contributed by atoms with Gasteiger partial charge in [-0.2, -0.15) is 0 Å². The number of carbonyl (C=O) groups is 1. The lowest BCUT2D eigenvalue weighted by atomic mass is 9.97. The number of aromatic hydroxyl groups is 1. The van der Waals surface area contributed by atoms with Gasteiger partial charge < -0.3 is 19.8 Å². The van der Waals surface area contributed by atoms with Crippen molar-refractivity contribution in [1.82, 2.24) is 14.8 Å². The van der Waals surface area contributed by atoms with Crippen molar-refractivity contribution in [3.63, 3.8) is 0 Å². The molecule has 9 heteroatoms. The van der Waals surface area contributed by atoms with Gasteiger partial charge in [-0.3, -0.25) is 9.69 Å². The van der Waals surface area contributed by atoms with Crippen LogP contribution >= 0.6 is 11.6 Å². The van der Waals surface area contributed by atoms with Crippen molar-refractivity contribution in [3.8, 4) is 28.0 Å². The Morgan fingerprint density at radius 1 is 1.05 bits per heavy atom. The molecule has 200 valence electrons. The zero-order valence-corrected chi connectivity index (χ0v) is 23.1. The van der Waals surface area contributed by atoms with Gasteiger partial charge in [0.15, 0.2) is 0 Å². The number of nitrogens with zero attached hydrogens (tertiary/aromatic N) is 5. The summed E-state index contributed by atoms with van der Waals surface area (Å²) in [5, 5.41) is 11.5. The Balaban J connectivity index is 1.69. The molecule has 7 nitrogen and oxygen atoms in total. The smallest absolute Gasteiger partial charge is 0.218 e. The second-order valence-electron chi connectivity index (χ2n) is 10.3. The Labute approximate surface area is 228 Å². The number of amides is 1. The molecule has 0 bridgehead atoms. The lowest BCUT2D eigenvalue weighted by molar-refractivity contribution is -0.106. The molecule has 1 saturated heterocycles. The highest BCUT2D eigenvalue weighted by Gasteiger charge is 2.36. The lowest BCUT2D eigenvalue weighted by Gasteiger charge is -2.32. The number of carbonyl (C=O) groups excluding carboxylic acids is 1. The van der Waals surface area contributed by atoms with E-state index in [-0.39, 0.29) is 16.3 Å². The molecule has 1 aromatic heterocycles. The van der Waals surface area contributed by atoms with E-state index in [1.54, 1.807) is 47.8 Å². The zero-order chi connectivity index (χ0) is 27.6. The van der Waals surface area contributed by atoms with Gasteiger partial charge in [-0.1, -0.05) is 17.7 Å². The van der Waals surface area contributed by atoms with Gasteiger partial charge in [-0.15, -0.1) is 0 Å². The first-order valence-electron chi connectivity index (χ1n) is 12.3. The van der Waals surface area contributed by atoms with Crippen LogP contribution in [0.1, 0.15) is 13.3 Å². The first kappa shape index (κ1) is 27.4. The molecule has 0 spiro atoms. The molecular weight excluding hydrogens is 505 g/mol. The summed E-state index contributed by atoms with van der Waals surface area (Å²) in [7, 11) is 7.84. The molecule has 1 aliphatic rings. The van der Waals surface area contributed by atoms with Crippen molar-refractivity contribution in [2.45, 2.75) is 18.9 Å². The number of likely N-dealkylation sites (N-methyl/N-ethyl adjacent to an activating group) is 1. The number of phenols is 1. The summed E-state index contributed by atoms with van der Waals surface area (Å²) in [5.74, 6) is 0.230. The molecule has 1 N–H and O–H groups in total. The van der Waals surface area contributed by atoms with Crippen molar-refractivity contribution in [1.29, 1.82) is 0 Å². The summed E-state index contributed by atoms with van der Waals surface area (Å²) in [6, 6.07) is 11.2. The number of hydrogen-bond donors (Lipinski definition) is 1. The number of rotatable bonds is 8. The average Bonchev–Trinajstić information content (AvgIpc) is 3.30. The quantitative estimate of drug-likeness (QED) is 0.386. The van der Waals surface area contributed by atoms with Crippen LogP contribution in [0, 0.1) is 5.82 Å². The first-order valence-corrected chi connectivity index (χ1v) is 12.7. The topological polar surface area (TPSA) is 63.2 Å². The molecule has 0 saturated carbocycles. The summed E-state index contributed by atoms with van der Waals surface area (Å²) in [4.78, 5) is 23.7. The fourth-order valence-electron chi connectivity index (χ4n) is 4.57. The molecule has 0 aliphatic carbocycles. The monoisotopic (exact) mass is 537 g/mol. The van der Waals surface area contributed by atoms with Gasteiger partial charge in [0.1, 0.15) is 17.4 Å². The molecule has 1 fully saturated rings. The highest BCUT2D eigenvalue weighted by atomic mass is 35.5. The maximum absolute atomic E-state index is 14.9. The van der Waals surface area contributed by atoms with Gasteiger partial charge >= 0.3 is 0 Å². The molecule has 1 aliphatic heterocycles. The predicted octanol–water partition coefficient (Wildman–Crippen LogP) is 5.44. The number of pyridine rings is 1. The van der Waals surface area contributed by atoms with Crippen LogP contribution in [-0.2, 0) is 4.79 Å². The molecule has 3 aromatic rings. The highest BCUT2D eigenvalue weighted by molar-refractivity contribution is 6.34. The molecule has 4 rings (SSSR count). The fourth-order valence-corrected chi connectivity index (χ4v) is 4.84. The van der Waals surface area contributed by atoms with E-state index >= 15 is 0 Å². The van der Waals surface area contributed by atoms with Crippen LogP contribution in [0.4, 0.5) is 15.9 Å². The molecule has 1 amide bonds. The number of phenolic OH excluding ortho intramolecular Hbond substituents is 1. The minimum atomic E-state index is -0.490. The standard InChI is InChI=1S/C29H33ClFN5O2/c1-29(34(4)5)9-11-35(18-29)27-15-21(8-10-32-27)24-17-22(31)16-23(28(24)38)20-6-7-26(25(30)14-20)36(19-37)13-12-33(2)3/h6-8,10,12-17,19,38H,9,11,18H2,1-5H3/b13-12-. The Morgan fingerprint density at radius 2 is 1.74 bits per heavy atom. The number of aromatic nitrogens is 1. The Hall–Kier alpha value is -3.62. The van der Waals surface area contributed by atoms with E-state index in [2.05, 4.69) is 35.8 Å². The van der Waals surface area contributed by atoms with E-state index in [1.807, 2.05) is 20.2 Å². The SMILES string of the molecule is CN(C)/C=C\N(C=O)c1ccc(-c2cc(F)cc(-c3ccnc(N4CCC(C)(N(C)C)C4)c3)c2O)cc1Cl. The minimum Gasteiger partial charge on any atom is -0.507 e. The Bertz CT molecular complexity index is 1360. The van der Waals surface area contributed by atoms with Gasteiger partial charge in [0.25, 0.3) is 0 Å². The van der Waals surface area contributed by atoms with Crippen LogP contribution in [-0.4, -0.2) is 73.1 Å². The van der Waals surface area contributed by atoms with Gasteiger partial charge in [0.05, 0.1) is 10.7 Å². The number of halogens is 2. The van der Waals surface area contributed by atoms with E-state index in [4.69, 9.17) is 11.6 Å². The third kappa shape index (κ3) is 5.61. The van der Waals surface area contributed by atoms with Gasteiger partial charge in [-0.25, -0.2) is 9.37 Å². The summed E-state index contributed by atoms with van der Waals surface area (Å²) < 4.78 is 14.9. The Kier molecular flexibility index (Phi) is 7.94. The van der Waals surface area contributed by atoms with Crippen LogP contribution in [0.2, 0.25) is 5.02 Å². The van der Waals surface area contributed by atoms with Crippen molar-refractivity contribution < 1.29 is 14.3 Å². The van der Waals surface area contributed by atoms with Gasteiger partial charge in [-0.05, 0) is 75.0 Å². The number of benzene rings is 2. The molecule has 2 aromatic carbocycles. The van der Waals surface area contributed by atoms with E-state index in [1.165, 1.54) is 17.0 Å². The van der Waals surface area contributed by atoms with Crippen molar-refractivity contribution >= 4 is 29.5 Å². The maximum Gasteiger partial charge on any atom is 0.218 e. The predicted molar refractivity (Wildman–Crippen MR) is 152 cm³/mol. The molecule has 2 heterocycles. The molecule has 1 unspecified atom stereocenters. The summed E-state index contributed by atoms with van der Waals surface area (Å²) in [6.07, 6.45) is 6.65. The second kappa shape index (κ2) is 11.0. The third-order valence-corrected chi connectivity index (χ3v) is 7.47. The highest BCUT2D eigenvalue weighted by Crippen LogP contribution is 2.42. The summed E-state index contributed by atoms with van der Waals surface area (Å²) in [5.41, 5.74) is 2.36. The van der Waals surface area contributed by atoms with Crippen LogP contribution in [0.15, 0.2) is 61.1 Å². The average molecular weight is 538 g/mol. The first-order chi connectivity index (χ1) is 18.0. The minimum absolute atomic E-state index is 0.0406. The van der Waals surface area contributed by atoms with Crippen molar-refractivity contribution in [2.24, 2.45) is 0 Å².